The molecule has 1 fully saturated rings. The molecule has 2 N–H and O–H groups in total. The van der Waals surface area contributed by atoms with Crippen LogP contribution in [-0.2, 0) is 16.1 Å². The lowest BCUT2D eigenvalue weighted by atomic mass is 10.2. The minimum absolute atomic E-state index is 0.0165. The van der Waals surface area contributed by atoms with Crippen LogP contribution in [0.25, 0.3) is 0 Å². The number of hydrogen-bond acceptors (Lipinski definition) is 4. The summed E-state index contributed by atoms with van der Waals surface area (Å²) in [4.78, 5) is 27.7. The minimum atomic E-state index is -0.519. The fourth-order valence-electron chi connectivity index (χ4n) is 2.83. The molecule has 6 heteroatoms. The van der Waals surface area contributed by atoms with Gasteiger partial charge in [0.05, 0.1) is 12.1 Å². The van der Waals surface area contributed by atoms with E-state index in [0.717, 1.165) is 12.0 Å². The van der Waals surface area contributed by atoms with Crippen molar-refractivity contribution in [1.29, 1.82) is 0 Å². The number of likely N-dealkylation sites (N-methyl/N-ethyl adjacent to an activating group) is 1. The van der Waals surface area contributed by atoms with Crippen molar-refractivity contribution in [2.75, 3.05) is 19.6 Å². The molecule has 0 spiro atoms. The zero-order valence-electron chi connectivity index (χ0n) is 13.8. The number of likely N-dealkylation sites (tertiary alicyclic amines) is 1. The number of nitrogens with two attached hydrogens (primary N) is 1. The number of benzene rings is 1. The molecule has 1 aromatic carbocycles. The Labute approximate surface area is 137 Å². The highest BCUT2D eigenvalue weighted by Gasteiger charge is 2.33. The number of carbonyl (C=O) groups excluding carboxylic acids is 2. The molecule has 2 amide bonds. The van der Waals surface area contributed by atoms with E-state index in [1.807, 2.05) is 37.3 Å². The molecule has 126 valence electrons. The van der Waals surface area contributed by atoms with Crippen molar-refractivity contribution in [3.8, 4) is 0 Å². The lowest BCUT2D eigenvalue weighted by Crippen LogP contribution is -2.48. The third-order valence-electron chi connectivity index (χ3n) is 4.08. The molecule has 1 heterocycles. The van der Waals surface area contributed by atoms with Gasteiger partial charge in [-0.3, -0.25) is 4.79 Å². The maximum Gasteiger partial charge on any atom is 0.410 e. The van der Waals surface area contributed by atoms with Gasteiger partial charge in [0.25, 0.3) is 0 Å². The molecule has 2 atom stereocenters. The van der Waals surface area contributed by atoms with Crippen LogP contribution in [0.15, 0.2) is 30.3 Å². The summed E-state index contributed by atoms with van der Waals surface area (Å²) in [7, 11) is 0. The van der Waals surface area contributed by atoms with Crippen molar-refractivity contribution in [2.45, 2.75) is 39.0 Å². The lowest BCUT2D eigenvalue weighted by Gasteiger charge is -2.29. The zero-order valence-corrected chi connectivity index (χ0v) is 13.8. The Morgan fingerprint density at radius 3 is 2.70 bits per heavy atom. The Morgan fingerprint density at radius 1 is 1.39 bits per heavy atom. The van der Waals surface area contributed by atoms with E-state index in [4.69, 9.17) is 10.5 Å². The molecule has 1 saturated heterocycles. The first-order valence-corrected chi connectivity index (χ1v) is 8.04. The fourth-order valence-corrected chi connectivity index (χ4v) is 2.83. The smallest absolute Gasteiger partial charge is 0.410 e. The second kappa shape index (κ2) is 7.97. The predicted molar refractivity (Wildman–Crippen MR) is 87.6 cm³/mol. The largest absolute Gasteiger partial charge is 0.445 e. The molecule has 0 saturated carbocycles. The fraction of sp³-hybridized carbons (Fsp3) is 0.529. The third-order valence-corrected chi connectivity index (χ3v) is 4.08. The van der Waals surface area contributed by atoms with Crippen LogP contribution < -0.4 is 5.73 Å². The normalized spacial score (nSPS) is 18.6. The van der Waals surface area contributed by atoms with Crippen LogP contribution in [0, 0.1) is 0 Å². The second-order valence-electron chi connectivity index (χ2n) is 5.84. The van der Waals surface area contributed by atoms with E-state index in [-0.39, 0.29) is 24.6 Å². The summed E-state index contributed by atoms with van der Waals surface area (Å²) in [6, 6.07) is 9.07. The lowest BCUT2D eigenvalue weighted by molar-refractivity contribution is -0.134. The average Bonchev–Trinajstić information content (AvgIpc) is 3.04. The van der Waals surface area contributed by atoms with Gasteiger partial charge in [-0.25, -0.2) is 4.79 Å². The van der Waals surface area contributed by atoms with Crippen LogP contribution in [0.4, 0.5) is 4.79 Å². The molecule has 23 heavy (non-hydrogen) atoms. The van der Waals surface area contributed by atoms with E-state index in [9.17, 15) is 9.59 Å². The number of hydrogen-bond donors (Lipinski definition) is 1. The van der Waals surface area contributed by atoms with Crippen molar-refractivity contribution in [2.24, 2.45) is 5.73 Å². The number of ether oxygens (including phenoxy) is 1. The number of carbonyl (C=O) groups is 2. The molecule has 1 aliphatic heterocycles. The summed E-state index contributed by atoms with van der Waals surface area (Å²) < 4.78 is 5.34. The van der Waals surface area contributed by atoms with Crippen molar-refractivity contribution in [3.63, 3.8) is 0 Å². The molecule has 0 aliphatic carbocycles. The number of rotatable bonds is 5. The first-order chi connectivity index (χ1) is 11.0. The molecule has 0 radical (unpaired) electrons. The maximum atomic E-state index is 12.2. The Hall–Kier alpha value is -2.08. The van der Waals surface area contributed by atoms with Gasteiger partial charge in [-0.1, -0.05) is 30.3 Å². The first-order valence-electron chi connectivity index (χ1n) is 8.04. The average molecular weight is 319 g/mol. The van der Waals surface area contributed by atoms with E-state index in [0.29, 0.717) is 19.6 Å². The molecular formula is C17H25N3O3. The number of amides is 2. The molecule has 6 nitrogen and oxygen atoms in total. The summed E-state index contributed by atoms with van der Waals surface area (Å²) in [5.74, 6) is -0.0722. The summed E-state index contributed by atoms with van der Waals surface area (Å²) in [6.45, 7) is 5.57. The van der Waals surface area contributed by atoms with Crippen LogP contribution in [-0.4, -0.2) is 53.5 Å². The second-order valence-corrected chi connectivity index (χ2v) is 5.84. The topological polar surface area (TPSA) is 75.9 Å². The SMILES string of the molecule is CCN(C(=O)[C@H](C)N)C1CCN(C(=O)OCc2ccccc2)C1. The van der Waals surface area contributed by atoms with Crippen LogP contribution in [0.2, 0.25) is 0 Å². The highest BCUT2D eigenvalue weighted by molar-refractivity contribution is 5.81. The summed E-state index contributed by atoms with van der Waals surface area (Å²) in [5, 5.41) is 0. The first kappa shape index (κ1) is 17.3. The minimum Gasteiger partial charge on any atom is -0.445 e. The van der Waals surface area contributed by atoms with Crippen LogP contribution in [0.1, 0.15) is 25.8 Å². The van der Waals surface area contributed by atoms with Gasteiger partial charge in [-0.2, -0.15) is 0 Å². The van der Waals surface area contributed by atoms with Gasteiger partial charge in [0, 0.05) is 19.6 Å². The monoisotopic (exact) mass is 319 g/mol. The van der Waals surface area contributed by atoms with Gasteiger partial charge in [-0.15, -0.1) is 0 Å². The third kappa shape index (κ3) is 4.45. The summed E-state index contributed by atoms with van der Waals surface area (Å²) in [5.41, 5.74) is 6.65. The van der Waals surface area contributed by atoms with Crippen molar-refractivity contribution < 1.29 is 14.3 Å². The van der Waals surface area contributed by atoms with Crippen LogP contribution in [0.5, 0.6) is 0 Å². The summed E-state index contributed by atoms with van der Waals surface area (Å²) >= 11 is 0. The Balaban J connectivity index is 1.86. The maximum absolute atomic E-state index is 12.2. The van der Waals surface area contributed by atoms with E-state index in [1.54, 1.807) is 16.7 Å². The van der Waals surface area contributed by atoms with Crippen molar-refractivity contribution in [1.82, 2.24) is 9.80 Å². The predicted octanol–water partition coefficient (Wildman–Crippen LogP) is 1.59. The van der Waals surface area contributed by atoms with Gasteiger partial charge in [0.15, 0.2) is 0 Å². The van der Waals surface area contributed by atoms with Crippen LogP contribution >= 0.6 is 0 Å². The molecule has 1 unspecified atom stereocenters. The molecular weight excluding hydrogens is 294 g/mol. The Bertz CT molecular complexity index is 533. The highest BCUT2D eigenvalue weighted by atomic mass is 16.6. The van der Waals surface area contributed by atoms with Crippen molar-refractivity contribution in [3.05, 3.63) is 35.9 Å². The van der Waals surface area contributed by atoms with Gasteiger partial charge in [0.2, 0.25) is 5.91 Å². The van der Waals surface area contributed by atoms with Crippen LogP contribution in [0.3, 0.4) is 0 Å². The number of nitrogens with zero attached hydrogens (tertiary/aromatic N) is 2. The van der Waals surface area contributed by atoms with E-state index in [1.165, 1.54) is 0 Å². The van der Waals surface area contributed by atoms with Gasteiger partial charge in [-0.05, 0) is 25.8 Å². The summed E-state index contributed by atoms with van der Waals surface area (Å²) in [6.07, 6.45) is 0.424. The van der Waals surface area contributed by atoms with E-state index < -0.39 is 6.04 Å². The van der Waals surface area contributed by atoms with Gasteiger partial charge < -0.3 is 20.3 Å². The molecule has 1 aromatic rings. The van der Waals surface area contributed by atoms with Crippen molar-refractivity contribution >= 4 is 12.0 Å². The van der Waals surface area contributed by atoms with Gasteiger partial charge in [0.1, 0.15) is 6.61 Å². The standard InChI is InChI=1S/C17H25N3O3/c1-3-20(16(21)13(2)18)15-9-10-19(11-15)17(22)23-12-14-7-5-4-6-8-14/h4-8,13,15H,3,9-12,18H2,1-2H3/t13-,15?/m0/s1. The van der Waals surface area contributed by atoms with E-state index >= 15 is 0 Å². The molecule has 0 aromatic heterocycles. The molecule has 1 aliphatic rings. The zero-order chi connectivity index (χ0) is 16.8. The quantitative estimate of drug-likeness (QED) is 0.894. The van der Waals surface area contributed by atoms with Gasteiger partial charge >= 0.3 is 6.09 Å². The molecule has 0 bridgehead atoms. The Kier molecular flexibility index (Phi) is 5.98. The Morgan fingerprint density at radius 2 is 2.09 bits per heavy atom. The van der Waals surface area contributed by atoms with E-state index in [2.05, 4.69) is 0 Å². The highest BCUT2D eigenvalue weighted by Crippen LogP contribution is 2.17. The molecule has 2 rings (SSSR count).